The molecule has 2 heteroatoms. The molecule has 13 heavy (non-hydrogen) atoms. The van der Waals surface area contributed by atoms with E-state index in [0.29, 0.717) is 6.61 Å². The quantitative estimate of drug-likeness (QED) is 0.663. The molecule has 1 N–H and O–H groups in total. The second-order valence-electron chi connectivity index (χ2n) is 5.57. The lowest BCUT2D eigenvalue weighted by Gasteiger charge is -2.47. The Bertz CT molecular complexity index is 175. The van der Waals surface area contributed by atoms with Crippen molar-refractivity contribution in [2.24, 2.45) is 17.3 Å². The van der Waals surface area contributed by atoms with Gasteiger partial charge in [0.1, 0.15) is 0 Å². The zero-order chi connectivity index (χ0) is 9.47. The van der Waals surface area contributed by atoms with Gasteiger partial charge in [-0.3, -0.25) is 0 Å². The van der Waals surface area contributed by atoms with Crippen LogP contribution >= 0.6 is 0 Å². The number of piperidine rings is 1. The number of aliphatic hydroxyl groups is 1. The molecule has 2 aliphatic rings. The first-order valence-corrected chi connectivity index (χ1v) is 5.41. The summed E-state index contributed by atoms with van der Waals surface area (Å²) in [7, 11) is 2.22. The Morgan fingerprint density at radius 3 is 2.31 bits per heavy atom. The Labute approximate surface area is 80.9 Å². The summed E-state index contributed by atoms with van der Waals surface area (Å²) in [6.07, 6.45) is 3.86. The molecule has 1 aliphatic carbocycles. The molecule has 1 unspecified atom stereocenters. The second kappa shape index (κ2) is 3.25. The summed E-state index contributed by atoms with van der Waals surface area (Å²) in [5.41, 5.74) is 0.231. The molecule has 0 aromatic carbocycles. The first-order valence-electron chi connectivity index (χ1n) is 5.41. The van der Waals surface area contributed by atoms with Gasteiger partial charge >= 0.3 is 0 Å². The molecule has 76 valence electrons. The fourth-order valence-corrected chi connectivity index (χ4v) is 3.48. The third kappa shape index (κ3) is 1.89. The van der Waals surface area contributed by atoms with Gasteiger partial charge in [-0.15, -0.1) is 0 Å². The van der Waals surface area contributed by atoms with Gasteiger partial charge in [-0.25, -0.2) is 0 Å². The van der Waals surface area contributed by atoms with Crippen molar-refractivity contribution in [2.45, 2.75) is 26.2 Å². The van der Waals surface area contributed by atoms with Crippen LogP contribution in [0.5, 0.6) is 0 Å². The molecule has 1 aliphatic heterocycles. The first-order chi connectivity index (χ1) is 6.11. The van der Waals surface area contributed by atoms with E-state index in [1.54, 1.807) is 0 Å². The molecular weight excluding hydrogens is 162 g/mol. The lowest BCUT2D eigenvalue weighted by molar-refractivity contribution is -0.00384. The summed E-state index contributed by atoms with van der Waals surface area (Å²) in [4.78, 5) is 2.45. The minimum atomic E-state index is 0.231. The Balaban J connectivity index is 2.05. The van der Waals surface area contributed by atoms with Crippen LogP contribution in [-0.4, -0.2) is 36.8 Å². The molecule has 2 nitrogen and oxygen atoms in total. The molecule has 0 amide bonds. The minimum absolute atomic E-state index is 0.231. The standard InChI is InChI=1S/C11H21NO/c1-11(8-13)4-9-3-10(5-11)7-12(2)6-9/h9-10,13H,3-8H2,1-2H3/t9-,10+,11?. The van der Waals surface area contributed by atoms with E-state index in [-0.39, 0.29) is 5.41 Å². The summed E-state index contributed by atoms with van der Waals surface area (Å²) >= 11 is 0. The molecule has 1 saturated heterocycles. The van der Waals surface area contributed by atoms with Crippen LogP contribution in [0.1, 0.15) is 26.2 Å². The molecule has 0 aromatic heterocycles. The average molecular weight is 183 g/mol. The number of aliphatic hydroxyl groups excluding tert-OH is 1. The highest BCUT2D eigenvalue weighted by atomic mass is 16.3. The Hall–Kier alpha value is -0.0800. The topological polar surface area (TPSA) is 23.5 Å². The number of hydrogen-bond donors (Lipinski definition) is 1. The zero-order valence-corrected chi connectivity index (χ0v) is 8.79. The number of fused-ring (bicyclic) bond motifs is 2. The van der Waals surface area contributed by atoms with Gasteiger partial charge in [-0.05, 0) is 43.6 Å². The van der Waals surface area contributed by atoms with Crippen LogP contribution in [0.15, 0.2) is 0 Å². The van der Waals surface area contributed by atoms with E-state index >= 15 is 0 Å². The second-order valence-corrected chi connectivity index (χ2v) is 5.57. The molecular formula is C11H21NO. The van der Waals surface area contributed by atoms with Crippen LogP contribution in [0.4, 0.5) is 0 Å². The van der Waals surface area contributed by atoms with E-state index in [1.165, 1.54) is 32.4 Å². The van der Waals surface area contributed by atoms with E-state index in [4.69, 9.17) is 0 Å². The van der Waals surface area contributed by atoms with Crippen molar-refractivity contribution in [1.82, 2.24) is 4.90 Å². The number of rotatable bonds is 1. The molecule has 1 saturated carbocycles. The van der Waals surface area contributed by atoms with Crippen LogP contribution < -0.4 is 0 Å². The smallest absolute Gasteiger partial charge is 0.0484 e. The van der Waals surface area contributed by atoms with E-state index in [9.17, 15) is 5.11 Å². The molecule has 0 aromatic rings. The summed E-state index contributed by atoms with van der Waals surface area (Å²) in [6.45, 7) is 5.11. The van der Waals surface area contributed by atoms with Gasteiger partial charge in [0.15, 0.2) is 0 Å². The van der Waals surface area contributed by atoms with Gasteiger partial charge in [0, 0.05) is 19.7 Å². The van der Waals surface area contributed by atoms with Crippen molar-refractivity contribution >= 4 is 0 Å². The van der Waals surface area contributed by atoms with Gasteiger partial charge in [0.2, 0.25) is 0 Å². The fourth-order valence-electron chi connectivity index (χ4n) is 3.48. The highest BCUT2D eigenvalue weighted by Gasteiger charge is 2.39. The highest BCUT2D eigenvalue weighted by molar-refractivity contribution is 4.91. The number of nitrogens with zero attached hydrogens (tertiary/aromatic N) is 1. The van der Waals surface area contributed by atoms with Crippen LogP contribution in [0.2, 0.25) is 0 Å². The Kier molecular flexibility index (Phi) is 2.37. The predicted octanol–water partition coefficient (Wildman–Crippen LogP) is 1.35. The number of likely N-dealkylation sites (tertiary alicyclic amines) is 1. The molecule has 2 fully saturated rings. The van der Waals surface area contributed by atoms with Gasteiger partial charge in [0.05, 0.1) is 0 Å². The Morgan fingerprint density at radius 1 is 1.31 bits per heavy atom. The third-order valence-electron chi connectivity index (χ3n) is 3.75. The molecule has 3 atom stereocenters. The first kappa shape index (κ1) is 9.47. The van der Waals surface area contributed by atoms with E-state index in [0.717, 1.165) is 11.8 Å². The van der Waals surface area contributed by atoms with Crippen molar-refractivity contribution in [2.75, 3.05) is 26.7 Å². The van der Waals surface area contributed by atoms with Crippen molar-refractivity contribution in [3.8, 4) is 0 Å². The maximum absolute atomic E-state index is 9.36. The van der Waals surface area contributed by atoms with Crippen LogP contribution in [0, 0.1) is 17.3 Å². The maximum Gasteiger partial charge on any atom is 0.0484 e. The van der Waals surface area contributed by atoms with E-state index in [2.05, 4.69) is 18.9 Å². The molecule has 2 bridgehead atoms. The summed E-state index contributed by atoms with van der Waals surface area (Å²) in [6, 6.07) is 0. The molecule has 1 heterocycles. The van der Waals surface area contributed by atoms with Gasteiger partial charge < -0.3 is 10.0 Å². The van der Waals surface area contributed by atoms with Gasteiger partial charge in [0.25, 0.3) is 0 Å². The lowest BCUT2D eigenvalue weighted by atomic mass is 9.65. The average Bonchev–Trinajstić information content (AvgIpc) is 2.01. The SMILES string of the molecule is CN1C[C@H]2C[C@@H](C1)CC(C)(CO)C2. The van der Waals surface area contributed by atoms with Crippen LogP contribution in [-0.2, 0) is 0 Å². The van der Waals surface area contributed by atoms with Crippen LogP contribution in [0.25, 0.3) is 0 Å². The summed E-state index contributed by atoms with van der Waals surface area (Å²) in [5.74, 6) is 1.68. The monoisotopic (exact) mass is 183 g/mol. The third-order valence-corrected chi connectivity index (χ3v) is 3.75. The summed E-state index contributed by atoms with van der Waals surface area (Å²) < 4.78 is 0. The van der Waals surface area contributed by atoms with E-state index in [1.807, 2.05) is 0 Å². The predicted molar refractivity (Wildman–Crippen MR) is 53.5 cm³/mol. The Morgan fingerprint density at radius 2 is 1.85 bits per heavy atom. The highest BCUT2D eigenvalue weighted by Crippen LogP contribution is 2.44. The van der Waals surface area contributed by atoms with Gasteiger partial charge in [-0.1, -0.05) is 6.92 Å². The van der Waals surface area contributed by atoms with Gasteiger partial charge in [-0.2, -0.15) is 0 Å². The number of hydrogen-bond acceptors (Lipinski definition) is 2. The molecule has 0 radical (unpaired) electrons. The van der Waals surface area contributed by atoms with Crippen molar-refractivity contribution in [3.63, 3.8) is 0 Å². The largest absolute Gasteiger partial charge is 0.396 e. The lowest BCUT2D eigenvalue weighted by Crippen LogP contribution is -2.46. The normalized spacial score (nSPS) is 46.4. The minimum Gasteiger partial charge on any atom is -0.396 e. The van der Waals surface area contributed by atoms with Crippen LogP contribution in [0.3, 0.4) is 0 Å². The molecule has 2 rings (SSSR count). The summed E-state index contributed by atoms with van der Waals surface area (Å²) in [5, 5.41) is 9.36. The fraction of sp³-hybridized carbons (Fsp3) is 1.00. The van der Waals surface area contributed by atoms with Crippen molar-refractivity contribution in [1.29, 1.82) is 0 Å². The molecule has 0 spiro atoms. The van der Waals surface area contributed by atoms with Crippen molar-refractivity contribution in [3.05, 3.63) is 0 Å². The van der Waals surface area contributed by atoms with E-state index < -0.39 is 0 Å². The maximum atomic E-state index is 9.36. The van der Waals surface area contributed by atoms with Crippen molar-refractivity contribution < 1.29 is 5.11 Å². The zero-order valence-electron chi connectivity index (χ0n) is 8.79.